The van der Waals surface area contributed by atoms with Gasteiger partial charge in [0.25, 0.3) is 5.91 Å². The Kier molecular flexibility index (Phi) is 4.49. The first kappa shape index (κ1) is 16.4. The predicted octanol–water partition coefficient (Wildman–Crippen LogP) is 2.75. The molecule has 0 bridgehead atoms. The number of para-hydroxylation sites is 1. The molecule has 6 heteroatoms. The Morgan fingerprint density at radius 2 is 1.75 bits per heavy atom. The number of ketones is 1. The molecule has 5 nitrogen and oxygen atoms in total. The van der Waals surface area contributed by atoms with Crippen LogP contribution in [0.5, 0.6) is 0 Å². The summed E-state index contributed by atoms with van der Waals surface area (Å²) in [4.78, 5) is 40.2. The molecule has 1 aliphatic heterocycles. The summed E-state index contributed by atoms with van der Waals surface area (Å²) < 4.78 is 0.877. The van der Waals surface area contributed by atoms with Crippen LogP contribution in [0.15, 0.2) is 53.0 Å². The summed E-state index contributed by atoms with van der Waals surface area (Å²) in [6.07, 6.45) is 0. The van der Waals surface area contributed by atoms with Crippen molar-refractivity contribution in [1.29, 1.82) is 0 Å². The van der Waals surface area contributed by atoms with Crippen molar-refractivity contribution in [3.05, 3.63) is 64.1 Å². The van der Waals surface area contributed by atoms with Crippen LogP contribution in [0, 0.1) is 0 Å². The second-order valence-electron chi connectivity index (χ2n) is 5.59. The third-order valence-electron chi connectivity index (χ3n) is 3.91. The Bertz CT molecular complexity index is 817. The van der Waals surface area contributed by atoms with Crippen LogP contribution < -0.4 is 4.90 Å². The van der Waals surface area contributed by atoms with Gasteiger partial charge in [0.2, 0.25) is 5.91 Å². The number of carbonyl (C=O) groups excluding carboxylic acids is 3. The molecule has 2 aromatic rings. The number of fused-ring (bicyclic) bond motifs is 1. The van der Waals surface area contributed by atoms with Gasteiger partial charge >= 0.3 is 0 Å². The van der Waals surface area contributed by atoms with Crippen LogP contribution in [-0.2, 0) is 4.79 Å². The number of hydrogen-bond acceptors (Lipinski definition) is 3. The normalized spacial score (nSPS) is 14.4. The summed E-state index contributed by atoms with van der Waals surface area (Å²) in [5.74, 6) is -0.679. The van der Waals surface area contributed by atoms with E-state index in [1.165, 1.54) is 9.80 Å². The van der Waals surface area contributed by atoms with Gasteiger partial charge in [-0.15, -0.1) is 0 Å². The molecule has 122 valence electrons. The molecule has 0 unspecified atom stereocenters. The molecule has 3 rings (SSSR count). The average Bonchev–Trinajstić information content (AvgIpc) is 2.66. The van der Waals surface area contributed by atoms with E-state index in [0.717, 1.165) is 4.47 Å². The maximum atomic E-state index is 12.5. The Morgan fingerprint density at radius 1 is 1.08 bits per heavy atom. The zero-order chi connectivity index (χ0) is 17.3. The van der Waals surface area contributed by atoms with Crippen molar-refractivity contribution in [2.45, 2.75) is 0 Å². The van der Waals surface area contributed by atoms with Crippen LogP contribution >= 0.6 is 15.9 Å². The van der Waals surface area contributed by atoms with E-state index in [4.69, 9.17) is 0 Å². The number of anilines is 1. The SMILES string of the molecule is CN1CC(=O)N(CC(=O)c2ccc(Br)cc2)c2ccccc2C1=O. The highest BCUT2D eigenvalue weighted by Gasteiger charge is 2.30. The molecule has 0 saturated carbocycles. The largest absolute Gasteiger partial charge is 0.332 e. The van der Waals surface area contributed by atoms with Crippen molar-refractivity contribution in [3.63, 3.8) is 0 Å². The molecule has 0 N–H and O–H groups in total. The van der Waals surface area contributed by atoms with Crippen LogP contribution in [0.25, 0.3) is 0 Å². The standard InChI is InChI=1S/C18H15BrN2O3/c1-20-11-17(23)21(15-5-3-2-4-14(15)18(20)24)10-16(22)12-6-8-13(19)9-7-12/h2-9H,10-11H2,1H3. The summed E-state index contributed by atoms with van der Waals surface area (Å²) in [5, 5.41) is 0. The van der Waals surface area contributed by atoms with Crippen molar-refractivity contribution in [2.75, 3.05) is 25.0 Å². The lowest BCUT2D eigenvalue weighted by Crippen LogP contribution is -2.40. The highest BCUT2D eigenvalue weighted by Crippen LogP contribution is 2.25. The number of halogens is 1. The molecule has 0 spiro atoms. The van der Waals surface area contributed by atoms with Gasteiger partial charge < -0.3 is 9.80 Å². The summed E-state index contributed by atoms with van der Waals surface area (Å²) in [7, 11) is 1.58. The van der Waals surface area contributed by atoms with Crippen molar-refractivity contribution >= 4 is 39.2 Å². The highest BCUT2D eigenvalue weighted by molar-refractivity contribution is 9.10. The predicted molar refractivity (Wildman–Crippen MR) is 94.2 cm³/mol. The lowest BCUT2D eigenvalue weighted by atomic mass is 10.1. The fourth-order valence-electron chi connectivity index (χ4n) is 2.63. The second kappa shape index (κ2) is 6.57. The number of hydrogen-bond donors (Lipinski definition) is 0. The zero-order valence-corrected chi connectivity index (χ0v) is 14.6. The van der Waals surface area contributed by atoms with E-state index in [1.807, 2.05) is 0 Å². The number of nitrogens with zero attached hydrogens (tertiary/aromatic N) is 2. The van der Waals surface area contributed by atoms with E-state index < -0.39 is 0 Å². The van der Waals surface area contributed by atoms with Crippen molar-refractivity contribution in [2.24, 2.45) is 0 Å². The Hall–Kier alpha value is -2.47. The molecule has 1 aliphatic rings. The van der Waals surface area contributed by atoms with Crippen molar-refractivity contribution in [1.82, 2.24) is 4.90 Å². The lowest BCUT2D eigenvalue weighted by Gasteiger charge is -2.21. The lowest BCUT2D eigenvalue weighted by molar-refractivity contribution is -0.118. The van der Waals surface area contributed by atoms with E-state index in [1.54, 1.807) is 55.6 Å². The Morgan fingerprint density at radius 3 is 2.46 bits per heavy atom. The third kappa shape index (κ3) is 3.10. The number of carbonyl (C=O) groups is 3. The fraction of sp³-hybridized carbons (Fsp3) is 0.167. The minimum absolute atomic E-state index is 0.0544. The number of Topliss-reactive ketones (excluding diaryl/α,β-unsaturated/α-hetero) is 1. The van der Waals surface area contributed by atoms with Crippen LogP contribution in [0.2, 0.25) is 0 Å². The van der Waals surface area contributed by atoms with Gasteiger partial charge in [0.05, 0.1) is 17.8 Å². The number of benzene rings is 2. The van der Waals surface area contributed by atoms with Gasteiger partial charge in [-0.25, -0.2) is 0 Å². The van der Waals surface area contributed by atoms with Crippen LogP contribution in [0.1, 0.15) is 20.7 Å². The smallest absolute Gasteiger partial charge is 0.256 e. The van der Waals surface area contributed by atoms with E-state index in [-0.39, 0.29) is 30.7 Å². The average molecular weight is 387 g/mol. The molecule has 0 saturated heterocycles. The molecule has 0 atom stereocenters. The summed E-state index contributed by atoms with van der Waals surface area (Å²) >= 11 is 3.33. The zero-order valence-electron chi connectivity index (χ0n) is 13.0. The minimum Gasteiger partial charge on any atom is -0.332 e. The molecule has 24 heavy (non-hydrogen) atoms. The minimum atomic E-state index is -0.277. The maximum absolute atomic E-state index is 12.5. The van der Waals surface area contributed by atoms with Gasteiger partial charge in [0.15, 0.2) is 5.78 Å². The van der Waals surface area contributed by atoms with Crippen molar-refractivity contribution in [3.8, 4) is 0 Å². The first-order valence-electron chi connectivity index (χ1n) is 7.41. The van der Waals surface area contributed by atoms with Gasteiger partial charge in [-0.2, -0.15) is 0 Å². The molecule has 2 amide bonds. The highest BCUT2D eigenvalue weighted by atomic mass is 79.9. The molecule has 0 fully saturated rings. The van der Waals surface area contributed by atoms with Gasteiger partial charge in [-0.05, 0) is 24.3 Å². The van der Waals surface area contributed by atoms with Gasteiger partial charge in [-0.1, -0.05) is 40.2 Å². The molecular weight excluding hydrogens is 372 g/mol. The molecule has 1 heterocycles. The third-order valence-corrected chi connectivity index (χ3v) is 4.44. The summed E-state index contributed by atoms with van der Waals surface area (Å²) in [6.45, 7) is -0.153. The quantitative estimate of drug-likeness (QED) is 0.762. The number of rotatable bonds is 3. The molecule has 2 aromatic carbocycles. The molecular formula is C18H15BrN2O3. The van der Waals surface area contributed by atoms with Gasteiger partial charge in [-0.3, -0.25) is 14.4 Å². The van der Waals surface area contributed by atoms with E-state index in [2.05, 4.69) is 15.9 Å². The Balaban J connectivity index is 1.95. The maximum Gasteiger partial charge on any atom is 0.256 e. The Labute approximate surface area is 148 Å². The van der Waals surface area contributed by atoms with E-state index in [0.29, 0.717) is 16.8 Å². The summed E-state index contributed by atoms with van der Waals surface area (Å²) in [6, 6.07) is 13.8. The number of likely N-dealkylation sites (N-methyl/N-ethyl adjacent to an activating group) is 1. The van der Waals surface area contributed by atoms with Gasteiger partial charge in [0.1, 0.15) is 6.54 Å². The van der Waals surface area contributed by atoms with Crippen LogP contribution in [0.3, 0.4) is 0 Å². The number of amides is 2. The van der Waals surface area contributed by atoms with E-state index >= 15 is 0 Å². The molecule has 0 radical (unpaired) electrons. The summed E-state index contributed by atoms with van der Waals surface area (Å²) in [5.41, 5.74) is 1.42. The van der Waals surface area contributed by atoms with Gasteiger partial charge in [0, 0.05) is 17.1 Å². The van der Waals surface area contributed by atoms with Crippen LogP contribution in [0.4, 0.5) is 5.69 Å². The van der Waals surface area contributed by atoms with Crippen molar-refractivity contribution < 1.29 is 14.4 Å². The second-order valence-corrected chi connectivity index (χ2v) is 6.50. The first-order chi connectivity index (χ1) is 11.5. The molecule has 0 aromatic heterocycles. The molecule has 0 aliphatic carbocycles. The topological polar surface area (TPSA) is 57.7 Å². The van der Waals surface area contributed by atoms with Crippen LogP contribution in [-0.4, -0.2) is 42.6 Å². The monoisotopic (exact) mass is 386 g/mol. The first-order valence-corrected chi connectivity index (χ1v) is 8.20. The fourth-order valence-corrected chi connectivity index (χ4v) is 2.90. The van der Waals surface area contributed by atoms with E-state index in [9.17, 15) is 14.4 Å².